The number of amidine groups is 1. The van der Waals surface area contributed by atoms with Crippen molar-refractivity contribution in [3.05, 3.63) is 81.5 Å². The molecule has 3 aromatic rings. The summed E-state index contributed by atoms with van der Waals surface area (Å²) < 4.78 is 29.0. The minimum absolute atomic E-state index is 0.0873. The third-order valence-corrected chi connectivity index (χ3v) is 8.33. The van der Waals surface area contributed by atoms with Gasteiger partial charge in [0.25, 0.3) is 5.91 Å². The maximum Gasteiger partial charge on any atom is 0.407 e. The Balaban J connectivity index is 1.89. The van der Waals surface area contributed by atoms with E-state index >= 15 is 0 Å². The number of benzene rings is 2. The van der Waals surface area contributed by atoms with E-state index in [1.807, 2.05) is 0 Å². The SMILES string of the molecule is COC(=O)NC(CCS(C)(=O)=O)(C(=O)NCC(=O)NCc1ccc(C(=N)N)s1)c1ccc(-c2ccccc2C#N)cc1. The fraction of sp³-hybridized carbons (Fsp3) is 0.250. The van der Waals surface area contributed by atoms with Crippen molar-refractivity contribution in [2.45, 2.75) is 18.5 Å². The molecular weight excluding hydrogens is 580 g/mol. The molecule has 220 valence electrons. The van der Waals surface area contributed by atoms with Gasteiger partial charge in [-0.1, -0.05) is 42.5 Å². The molecule has 0 saturated carbocycles. The molecule has 14 heteroatoms. The van der Waals surface area contributed by atoms with Gasteiger partial charge in [-0.2, -0.15) is 5.26 Å². The Morgan fingerprint density at radius 1 is 1.07 bits per heavy atom. The molecule has 1 unspecified atom stereocenters. The number of hydrogen-bond donors (Lipinski definition) is 5. The van der Waals surface area contributed by atoms with Crippen molar-refractivity contribution in [2.24, 2.45) is 5.73 Å². The number of nitrogen functional groups attached to an aromatic ring is 1. The second-order valence-electron chi connectivity index (χ2n) is 9.28. The Hall–Kier alpha value is -4.74. The van der Waals surface area contributed by atoms with E-state index in [1.165, 1.54) is 11.3 Å². The lowest BCUT2D eigenvalue weighted by atomic mass is 9.85. The van der Waals surface area contributed by atoms with Gasteiger partial charge in [0.1, 0.15) is 21.2 Å². The fourth-order valence-corrected chi connectivity index (χ4v) is 5.57. The molecule has 2 aromatic carbocycles. The highest BCUT2D eigenvalue weighted by Crippen LogP contribution is 2.30. The Morgan fingerprint density at radius 2 is 1.76 bits per heavy atom. The smallest absolute Gasteiger partial charge is 0.407 e. The monoisotopic (exact) mass is 610 g/mol. The summed E-state index contributed by atoms with van der Waals surface area (Å²) in [7, 11) is -2.48. The zero-order valence-corrected chi connectivity index (χ0v) is 24.5. The van der Waals surface area contributed by atoms with E-state index in [4.69, 9.17) is 15.9 Å². The molecule has 0 radical (unpaired) electrons. The van der Waals surface area contributed by atoms with Crippen molar-refractivity contribution in [2.75, 3.05) is 25.7 Å². The average molecular weight is 611 g/mol. The van der Waals surface area contributed by atoms with Crippen LogP contribution in [0.15, 0.2) is 60.7 Å². The van der Waals surface area contributed by atoms with Gasteiger partial charge in [0.05, 0.1) is 42.5 Å². The van der Waals surface area contributed by atoms with E-state index in [0.29, 0.717) is 21.6 Å². The molecule has 0 spiro atoms. The van der Waals surface area contributed by atoms with Crippen LogP contribution in [0.1, 0.15) is 27.3 Å². The molecule has 0 aliphatic heterocycles. The number of sulfone groups is 1. The van der Waals surface area contributed by atoms with E-state index in [-0.39, 0.29) is 24.4 Å². The largest absolute Gasteiger partial charge is 0.453 e. The van der Waals surface area contributed by atoms with Crippen LogP contribution in [0.25, 0.3) is 11.1 Å². The molecule has 0 aliphatic rings. The zero-order chi connectivity index (χ0) is 30.9. The van der Waals surface area contributed by atoms with Gasteiger partial charge in [0, 0.05) is 11.1 Å². The molecule has 42 heavy (non-hydrogen) atoms. The summed E-state index contributed by atoms with van der Waals surface area (Å²) in [5, 5.41) is 24.6. The minimum atomic E-state index is -3.59. The summed E-state index contributed by atoms with van der Waals surface area (Å²) in [6, 6.07) is 18.8. The highest BCUT2D eigenvalue weighted by molar-refractivity contribution is 7.90. The number of thiophene rings is 1. The standard InChI is InChI=1S/C28H30N6O6S2/c1-40-27(37)34-28(13-14-42(2,38)39,20-9-7-18(8-10-20)22-6-4-3-5-19(22)15-29)26(36)33-17-24(35)32-16-21-11-12-23(41-21)25(30)31/h3-12H,13-14,16-17H2,1-2H3,(H3,30,31)(H,32,35)(H,33,36)(H,34,37). The molecule has 1 atom stereocenters. The molecule has 3 rings (SSSR count). The second kappa shape index (κ2) is 13.7. The summed E-state index contributed by atoms with van der Waals surface area (Å²) in [5.41, 5.74) is 5.53. The first-order chi connectivity index (χ1) is 19.9. The van der Waals surface area contributed by atoms with Crippen LogP contribution in [-0.2, 0) is 36.2 Å². The van der Waals surface area contributed by atoms with Gasteiger partial charge in [-0.3, -0.25) is 15.0 Å². The molecule has 0 bridgehead atoms. The van der Waals surface area contributed by atoms with Crippen LogP contribution in [-0.4, -0.2) is 57.8 Å². The van der Waals surface area contributed by atoms with Gasteiger partial charge in [-0.15, -0.1) is 11.3 Å². The summed E-state index contributed by atoms with van der Waals surface area (Å²) in [6.45, 7) is -0.335. The van der Waals surface area contributed by atoms with Gasteiger partial charge in [0.2, 0.25) is 5.91 Å². The first kappa shape index (κ1) is 31.8. The maximum absolute atomic E-state index is 13.7. The van der Waals surface area contributed by atoms with Crippen LogP contribution in [0.4, 0.5) is 4.79 Å². The zero-order valence-electron chi connectivity index (χ0n) is 22.9. The highest BCUT2D eigenvalue weighted by atomic mass is 32.2. The van der Waals surface area contributed by atoms with E-state index in [9.17, 15) is 28.1 Å². The topological polar surface area (TPSA) is 204 Å². The lowest BCUT2D eigenvalue weighted by molar-refractivity contribution is -0.130. The molecule has 0 aliphatic carbocycles. The molecule has 3 amide bonds. The molecule has 1 heterocycles. The van der Waals surface area contributed by atoms with Crippen LogP contribution in [0.2, 0.25) is 0 Å². The predicted molar refractivity (Wildman–Crippen MR) is 158 cm³/mol. The van der Waals surface area contributed by atoms with Gasteiger partial charge >= 0.3 is 6.09 Å². The summed E-state index contributed by atoms with van der Waals surface area (Å²) in [4.78, 5) is 40.0. The third kappa shape index (κ3) is 8.15. The van der Waals surface area contributed by atoms with Crippen molar-refractivity contribution in [1.82, 2.24) is 16.0 Å². The maximum atomic E-state index is 13.7. The number of methoxy groups -OCH3 is 1. The van der Waals surface area contributed by atoms with E-state index in [1.54, 1.807) is 60.7 Å². The Labute approximate surface area is 247 Å². The number of nitrogens with one attached hydrogen (secondary N) is 4. The molecule has 0 saturated heterocycles. The van der Waals surface area contributed by atoms with Crippen LogP contribution in [0, 0.1) is 16.7 Å². The molecule has 1 aromatic heterocycles. The summed E-state index contributed by atoms with van der Waals surface area (Å²) in [5.74, 6) is -1.92. The molecule has 6 N–H and O–H groups in total. The van der Waals surface area contributed by atoms with Gasteiger partial charge in [0.15, 0.2) is 0 Å². The van der Waals surface area contributed by atoms with Gasteiger partial charge < -0.3 is 26.4 Å². The van der Waals surface area contributed by atoms with Crippen LogP contribution >= 0.6 is 11.3 Å². The van der Waals surface area contributed by atoms with Crippen LogP contribution < -0.4 is 21.7 Å². The van der Waals surface area contributed by atoms with E-state index in [0.717, 1.165) is 18.2 Å². The summed E-state index contributed by atoms with van der Waals surface area (Å²) in [6.07, 6.45) is -0.336. The van der Waals surface area contributed by atoms with Crippen molar-refractivity contribution in [3.8, 4) is 17.2 Å². The summed E-state index contributed by atoms with van der Waals surface area (Å²) >= 11 is 1.24. The number of carbonyl (C=O) groups excluding carboxylic acids is 3. The van der Waals surface area contributed by atoms with Crippen molar-refractivity contribution < 1.29 is 27.5 Å². The number of nitrogens with zero attached hydrogens (tertiary/aromatic N) is 1. The van der Waals surface area contributed by atoms with Gasteiger partial charge in [-0.05, 0) is 41.3 Å². The first-order valence-electron chi connectivity index (χ1n) is 12.5. The van der Waals surface area contributed by atoms with Crippen LogP contribution in [0.5, 0.6) is 0 Å². The number of ether oxygens (including phenoxy) is 1. The number of nitrogens with two attached hydrogens (primary N) is 1. The number of amides is 3. The predicted octanol–water partition coefficient (Wildman–Crippen LogP) is 1.99. The molecular formula is C28H30N6O6S2. The third-order valence-electron chi connectivity index (χ3n) is 6.27. The second-order valence-corrected chi connectivity index (χ2v) is 12.7. The van der Waals surface area contributed by atoms with Crippen molar-refractivity contribution in [1.29, 1.82) is 10.7 Å². The Bertz CT molecular complexity index is 1630. The minimum Gasteiger partial charge on any atom is -0.453 e. The number of carbonyl (C=O) groups is 3. The fourth-order valence-electron chi connectivity index (χ4n) is 4.09. The van der Waals surface area contributed by atoms with Crippen molar-refractivity contribution >= 4 is 44.9 Å². The normalized spacial score (nSPS) is 12.3. The van der Waals surface area contributed by atoms with Gasteiger partial charge in [-0.25, -0.2) is 13.2 Å². The highest BCUT2D eigenvalue weighted by Gasteiger charge is 2.43. The van der Waals surface area contributed by atoms with E-state index in [2.05, 4.69) is 22.0 Å². The number of hydrogen-bond acceptors (Lipinski definition) is 9. The lowest BCUT2D eigenvalue weighted by Crippen LogP contribution is -2.58. The number of nitriles is 1. The average Bonchev–Trinajstić information content (AvgIpc) is 3.46. The lowest BCUT2D eigenvalue weighted by Gasteiger charge is -2.33. The van der Waals surface area contributed by atoms with Crippen LogP contribution in [0.3, 0.4) is 0 Å². The molecule has 12 nitrogen and oxygen atoms in total. The first-order valence-corrected chi connectivity index (χ1v) is 15.4. The number of alkyl carbamates (subject to hydrolysis) is 1. The van der Waals surface area contributed by atoms with E-state index < -0.39 is 45.6 Å². The Morgan fingerprint density at radius 3 is 2.36 bits per heavy atom. The molecule has 0 fully saturated rings. The number of rotatable bonds is 12. The van der Waals surface area contributed by atoms with Crippen molar-refractivity contribution in [3.63, 3.8) is 0 Å². The Kier molecular flexibility index (Phi) is 10.4. The quantitative estimate of drug-likeness (QED) is 0.151.